The van der Waals surface area contributed by atoms with Crippen molar-refractivity contribution in [1.82, 2.24) is 9.99 Å². The number of rotatable bonds is 6. The lowest BCUT2D eigenvalue weighted by Crippen LogP contribution is -2.32. The third-order valence-corrected chi connectivity index (χ3v) is 4.93. The van der Waals surface area contributed by atoms with E-state index in [1.54, 1.807) is 12.1 Å². The quantitative estimate of drug-likeness (QED) is 0.348. The van der Waals surface area contributed by atoms with Gasteiger partial charge in [0.15, 0.2) is 0 Å². The van der Waals surface area contributed by atoms with E-state index in [2.05, 4.69) is 20.4 Å². The number of anilines is 1. The minimum Gasteiger partial charge on any atom is -0.494 e. The second-order valence-corrected chi connectivity index (χ2v) is 7.62. The average Bonchev–Trinajstić information content (AvgIpc) is 3.01. The standard InChI is InChI=1S/C25H28N4O3/c1-6-32-23-9-7-22(8-10-23)29-18(4)14-20(19(29)5)15-26-28-25(31)24(30)27-21-12-16(2)11-17(3)13-21/h7-15H,6H2,1-5H3,(H,27,30)(H,28,31)/b26-15-. The Hall–Kier alpha value is -3.87. The maximum absolute atomic E-state index is 12.2. The summed E-state index contributed by atoms with van der Waals surface area (Å²) in [5.41, 5.74) is 8.69. The highest BCUT2D eigenvalue weighted by Crippen LogP contribution is 2.22. The van der Waals surface area contributed by atoms with Gasteiger partial charge in [0, 0.05) is 28.3 Å². The Bertz CT molecular complexity index is 1140. The highest BCUT2D eigenvalue weighted by atomic mass is 16.5. The number of hydrogen-bond acceptors (Lipinski definition) is 4. The van der Waals surface area contributed by atoms with E-state index in [9.17, 15) is 9.59 Å². The molecule has 166 valence electrons. The lowest BCUT2D eigenvalue weighted by molar-refractivity contribution is -0.136. The van der Waals surface area contributed by atoms with Crippen LogP contribution in [0.2, 0.25) is 0 Å². The molecule has 1 aromatic heterocycles. The molecule has 2 amide bonds. The molecule has 0 radical (unpaired) electrons. The molecule has 0 bridgehead atoms. The third-order valence-electron chi connectivity index (χ3n) is 4.93. The normalized spacial score (nSPS) is 10.9. The van der Waals surface area contributed by atoms with E-state index in [4.69, 9.17) is 4.74 Å². The van der Waals surface area contributed by atoms with Crippen molar-refractivity contribution >= 4 is 23.7 Å². The van der Waals surface area contributed by atoms with Gasteiger partial charge in [-0.25, -0.2) is 5.43 Å². The summed E-state index contributed by atoms with van der Waals surface area (Å²) < 4.78 is 7.59. The number of carbonyl (C=O) groups excluding carboxylic acids is 2. The zero-order chi connectivity index (χ0) is 23.3. The van der Waals surface area contributed by atoms with Gasteiger partial charge in [-0.3, -0.25) is 9.59 Å². The van der Waals surface area contributed by atoms with E-state index in [1.165, 1.54) is 6.21 Å². The zero-order valence-electron chi connectivity index (χ0n) is 19.0. The summed E-state index contributed by atoms with van der Waals surface area (Å²) in [5, 5.41) is 6.56. The lowest BCUT2D eigenvalue weighted by Gasteiger charge is -2.11. The van der Waals surface area contributed by atoms with E-state index >= 15 is 0 Å². The number of nitrogens with zero attached hydrogens (tertiary/aromatic N) is 2. The van der Waals surface area contributed by atoms with Crippen LogP contribution in [0.1, 0.15) is 35.0 Å². The van der Waals surface area contributed by atoms with Crippen LogP contribution in [0.3, 0.4) is 0 Å². The summed E-state index contributed by atoms with van der Waals surface area (Å²) in [6.45, 7) is 10.4. The van der Waals surface area contributed by atoms with Crippen LogP contribution in [0.4, 0.5) is 5.69 Å². The molecular formula is C25H28N4O3. The molecule has 0 atom stereocenters. The van der Waals surface area contributed by atoms with Crippen molar-refractivity contribution in [2.24, 2.45) is 5.10 Å². The van der Waals surface area contributed by atoms with Crippen LogP contribution in [-0.2, 0) is 9.59 Å². The van der Waals surface area contributed by atoms with Crippen molar-refractivity contribution < 1.29 is 14.3 Å². The molecule has 0 aliphatic carbocycles. The predicted molar refractivity (Wildman–Crippen MR) is 127 cm³/mol. The first kappa shape index (κ1) is 22.8. The first-order valence-electron chi connectivity index (χ1n) is 10.4. The number of nitrogens with one attached hydrogen (secondary N) is 2. The molecule has 32 heavy (non-hydrogen) atoms. The summed E-state index contributed by atoms with van der Waals surface area (Å²) in [6, 6.07) is 15.4. The monoisotopic (exact) mass is 432 g/mol. The van der Waals surface area contributed by atoms with Crippen molar-refractivity contribution in [3.05, 3.63) is 76.6 Å². The second kappa shape index (κ2) is 9.96. The molecule has 0 fully saturated rings. The molecule has 0 saturated heterocycles. The number of aryl methyl sites for hydroxylation is 3. The number of hydrogen-bond donors (Lipinski definition) is 2. The van der Waals surface area contributed by atoms with Gasteiger partial charge in [0.05, 0.1) is 12.8 Å². The second-order valence-electron chi connectivity index (χ2n) is 7.62. The van der Waals surface area contributed by atoms with E-state index in [0.29, 0.717) is 12.3 Å². The fraction of sp³-hybridized carbons (Fsp3) is 0.240. The van der Waals surface area contributed by atoms with E-state index in [-0.39, 0.29) is 0 Å². The van der Waals surface area contributed by atoms with E-state index in [0.717, 1.165) is 39.5 Å². The van der Waals surface area contributed by atoms with Gasteiger partial charge in [-0.15, -0.1) is 0 Å². The molecule has 7 nitrogen and oxygen atoms in total. The fourth-order valence-corrected chi connectivity index (χ4v) is 3.62. The van der Waals surface area contributed by atoms with E-state index in [1.807, 2.05) is 71.0 Å². The number of ether oxygens (including phenoxy) is 1. The molecule has 2 N–H and O–H groups in total. The van der Waals surface area contributed by atoms with Gasteiger partial charge in [0.25, 0.3) is 0 Å². The Morgan fingerprint density at radius 2 is 1.62 bits per heavy atom. The van der Waals surface area contributed by atoms with Crippen LogP contribution in [0.15, 0.2) is 53.6 Å². The number of benzene rings is 2. The molecule has 3 rings (SSSR count). The molecule has 7 heteroatoms. The van der Waals surface area contributed by atoms with Crippen LogP contribution in [0.5, 0.6) is 5.75 Å². The van der Waals surface area contributed by atoms with Crippen LogP contribution >= 0.6 is 0 Å². The lowest BCUT2D eigenvalue weighted by atomic mass is 10.1. The Labute approximate surface area is 188 Å². The minimum atomic E-state index is -0.833. The Kier molecular flexibility index (Phi) is 7.10. The molecular weight excluding hydrogens is 404 g/mol. The first-order chi connectivity index (χ1) is 15.3. The van der Waals surface area contributed by atoms with Gasteiger partial charge in [-0.05, 0) is 88.2 Å². The fourth-order valence-electron chi connectivity index (χ4n) is 3.62. The molecule has 0 unspecified atom stereocenters. The minimum absolute atomic E-state index is 0.575. The largest absolute Gasteiger partial charge is 0.494 e. The van der Waals surface area contributed by atoms with Crippen molar-refractivity contribution in [2.75, 3.05) is 11.9 Å². The molecule has 0 aliphatic heterocycles. The smallest absolute Gasteiger partial charge is 0.329 e. The number of amides is 2. The van der Waals surface area contributed by atoms with Crippen LogP contribution < -0.4 is 15.5 Å². The predicted octanol–water partition coefficient (Wildman–Crippen LogP) is 4.20. The molecule has 0 saturated carbocycles. The Morgan fingerprint density at radius 1 is 0.969 bits per heavy atom. The number of hydrazone groups is 1. The maximum Gasteiger partial charge on any atom is 0.329 e. The summed E-state index contributed by atoms with van der Waals surface area (Å²) >= 11 is 0. The zero-order valence-corrected chi connectivity index (χ0v) is 19.0. The SMILES string of the molecule is CCOc1ccc(-n2c(C)cc(/C=N\NC(=O)C(=O)Nc3cc(C)cc(C)c3)c2C)cc1. The highest BCUT2D eigenvalue weighted by molar-refractivity contribution is 6.39. The molecule has 0 spiro atoms. The van der Waals surface area contributed by atoms with Gasteiger partial charge < -0.3 is 14.6 Å². The summed E-state index contributed by atoms with van der Waals surface area (Å²) in [4.78, 5) is 24.3. The topological polar surface area (TPSA) is 84.7 Å². The van der Waals surface area contributed by atoms with E-state index < -0.39 is 11.8 Å². The number of carbonyl (C=O) groups is 2. The summed E-state index contributed by atoms with van der Waals surface area (Å²) in [7, 11) is 0. The van der Waals surface area contributed by atoms with Crippen molar-refractivity contribution in [2.45, 2.75) is 34.6 Å². The highest BCUT2D eigenvalue weighted by Gasteiger charge is 2.14. The summed E-state index contributed by atoms with van der Waals surface area (Å²) in [6.07, 6.45) is 1.54. The van der Waals surface area contributed by atoms with Gasteiger partial charge in [-0.2, -0.15) is 5.10 Å². The van der Waals surface area contributed by atoms with Crippen LogP contribution in [0, 0.1) is 27.7 Å². The van der Waals surface area contributed by atoms with Crippen molar-refractivity contribution in [3.8, 4) is 11.4 Å². The van der Waals surface area contributed by atoms with Gasteiger partial charge in [0.1, 0.15) is 5.75 Å². The molecule has 1 heterocycles. The van der Waals surface area contributed by atoms with Gasteiger partial charge in [-0.1, -0.05) is 6.07 Å². The van der Waals surface area contributed by atoms with Gasteiger partial charge in [0.2, 0.25) is 0 Å². The molecule has 3 aromatic rings. The third kappa shape index (κ3) is 5.43. The molecule has 0 aliphatic rings. The maximum atomic E-state index is 12.2. The summed E-state index contributed by atoms with van der Waals surface area (Å²) in [5.74, 6) is -0.782. The van der Waals surface area contributed by atoms with Crippen molar-refractivity contribution in [3.63, 3.8) is 0 Å². The average molecular weight is 433 g/mol. The van der Waals surface area contributed by atoms with Crippen LogP contribution in [-0.4, -0.2) is 29.2 Å². The number of aromatic nitrogens is 1. The van der Waals surface area contributed by atoms with Crippen molar-refractivity contribution in [1.29, 1.82) is 0 Å². The van der Waals surface area contributed by atoms with Gasteiger partial charge >= 0.3 is 11.8 Å². The Balaban J connectivity index is 1.67. The molecule has 2 aromatic carbocycles. The Morgan fingerprint density at radius 3 is 2.25 bits per heavy atom. The first-order valence-corrected chi connectivity index (χ1v) is 10.4. The van der Waals surface area contributed by atoms with Crippen LogP contribution in [0.25, 0.3) is 5.69 Å².